The van der Waals surface area contributed by atoms with Crippen LogP contribution in [0.15, 0.2) is 24.3 Å². The van der Waals surface area contributed by atoms with Crippen LogP contribution >= 0.6 is 11.6 Å². The molecule has 0 spiro atoms. The number of carbonyl (C=O) groups excluding carboxylic acids is 5. The number of anilines is 1. The Hall–Kier alpha value is -4.06. The van der Waals surface area contributed by atoms with Crippen molar-refractivity contribution in [2.45, 2.75) is 134 Å². The zero-order valence-corrected chi connectivity index (χ0v) is 34.5. The standard InChI is InChI=1S/C38H51ClF3N5O9S/c1-20-10-8-9-11-24-18-37(24,32(50)46-57(53,54)36(7)12-13-36)45-30(48)27-17-25(55-33(51)43-28-22(3)15-21(2)16-26(28)39)19-47(27)31(49)29(23(4)14-20)44-34(52)56-35(5,6)38(40,41)42/h9,11,15-16,20,23-25,27,29H,8,10,12-14,17-19H2,1-7H3,(H,43,51)(H,44,52)(H,45,48)(H,46,50)/b11-9-/t20-,23-,24-,25-,27+,29+,37-/m1/s1. The molecule has 316 valence electrons. The Labute approximate surface area is 335 Å². The minimum atomic E-state index is -4.94. The molecule has 2 saturated carbocycles. The number of fused-ring (bicyclic) bond motifs is 2. The maximum Gasteiger partial charge on any atom is 0.427 e. The average Bonchev–Trinajstić information content (AvgIpc) is 3.96. The molecule has 7 atom stereocenters. The smallest absolute Gasteiger partial charge is 0.427 e. The summed E-state index contributed by atoms with van der Waals surface area (Å²) in [7, 11) is -4.10. The van der Waals surface area contributed by atoms with Gasteiger partial charge in [-0.3, -0.25) is 24.4 Å². The van der Waals surface area contributed by atoms with Gasteiger partial charge in [-0.05, 0) is 102 Å². The number of benzene rings is 1. The van der Waals surface area contributed by atoms with E-state index in [4.69, 9.17) is 21.1 Å². The number of ether oxygens (including phenoxy) is 2. The zero-order chi connectivity index (χ0) is 42.5. The molecular formula is C38H51ClF3N5O9S. The highest BCUT2D eigenvalue weighted by atomic mass is 35.5. The van der Waals surface area contributed by atoms with Crippen molar-refractivity contribution in [3.63, 3.8) is 0 Å². The first-order chi connectivity index (χ1) is 26.3. The summed E-state index contributed by atoms with van der Waals surface area (Å²) in [6, 6.07) is 0.485. The molecule has 57 heavy (non-hydrogen) atoms. The number of aryl methyl sites for hydroxylation is 2. The molecular weight excluding hydrogens is 795 g/mol. The zero-order valence-electron chi connectivity index (χ0n) is 33.0. The lowest BCUT2D eigenvalue weighted by atomic mass is 9.88. The molecule has 0 aromatic heterocycles. The van der Waals surface area contributed by atoms with Crippen LogP contribution < -0.4 is 20.7 Å². The maximum atomic E-state index is 14.6. The SMILES string of the molecule is Cc1cc(C)c(NC(=O)O[C@@H]2C[C@H]3C(=O)N[C@]4(C(=O)NS(=O)(=O)C5(C)CC5)C[C@H]4/C=C\CC[C@@H](C)C[C@@H](C)[C@H](NC(=O)OC(C)(C)C(F)(F)F)C(=O)N3C2)c(Cl)c1. The van der Waals surface area contributed by atoms with E-state index in [2.05, 4.69) is 20.7 Å². The van der Waals surface area contributed by atoms with Gasteiger partial charge in [0.1, 0.15) is 23.7 Å². The molecule has 19 heteroatoms. The predicted octanol–water partition coefficient (Wildman–Crippen LogP) is 5.80. The molecule has 4 aliphatic rings. The number of alkyl halides is 3. The van der Waals surface area contributed by atoms with E-state index in [1.807, 2.05) is 19.9 Å². The Balaban J connectivity index is 1.47. The van der Waals surface area contributed by atoms with E-state index in [0.717, 1.165) is 10.5 Å². The van der Waals surface area contributed by atoms with Crippen LogP contribution in [-0.2, 0) is 33.9 Å². The van der Waals surface area contributed by atoms with Crippen LogP contribution in [0.3, 0.4) is 0 Å². The summed E-state index contributed by atoms with van der Waals surface area (Å²) < 4.78 is 78.7. The molecule has 4 N–H and O–H groups in total. The molecule has 1 aromatic carbocycles. The molecule has 2 aliphatic carbocycles. The Kier molecular flexibility index (Phi) is 12.3. The third kappa shape index (κ3) is 9.64. The van der Waals surface area contributed by atoms with Gasteiger partial charge in [-0.25, -0.2) is 18.0 Å². The van der Waals surface area contributed by atoms with Gasteiger partial charge >= 0.3 is 18.4 Å². The van der Waals surface area contributed by atoms with Crippen molar-refractivity contribution in [1.82, 2.24) is 20.3 Å². The Morgan fingerprint density at radius 2 is 1.72 bits per heavy atom. The summed E-state index contributed by atoms with van der Waals surface area (Å²) in [5.41, 5.74) is -2.85. The number of carbonyl (C=O) groups is 5. The van der Waals surface area contributed by atoms with Gasteiger partial charge in [0.2, 0.25) is 27.4 Å². The van der Waals surface area contributed by atoms with Crippen LogP contribution in [0.5, 0.6) is 0 Å². The number of alkyl carbamates (subject to hydrolysis) is 1. The van der Waals surface area contributed by atoms with Crippen molar-refractivity contribution in [3.05, 3.63) is 40.4 Å². The molecule has 14 nitrogen and oxygen atoms in total. The van der Waals surface area contributed by atoms with Crippen LogP contribution in [0, 0.1) is 31.6 Å². The summed E-state index contributed by atoms with van der Waals surface area (Å²) in [6.45, 7) is 9.54. The third-order valence-corrected chi connectivity index (χ3v) is 13.9. The lowest BCUT2D eigenvalue weighted by Crippen LogP contribution is -2.59. The Morgan fingerprint density at radius 3 is 2.33 bits per heavy atom. The van der Waals surface area contributed by atoms with Crippen LogP contribution in [0.1, 0.15) is 90.7 Å². The van der Waals surface area contributed by atoms with Gasteiger partial charge in [0.05, 0.1) is 22.0 Å². The van der Waals surface area contributed by atoms with E-state index in [9.17, 15) is 45.6 Å². The number of nitrogens with zero attached hydrogens (tertiary/aromatic N) is 1. The number of hydrogen-bond donors (Lipinski definition) is 4. The second kappa shape index (κ2) is 15.9. The van der Waals surface area contributed by atoms with Gasteiger partial charge in [-0.1, -0.05) is 43.7 Å². The van der Waals surface area contributed by atoms with Crippen molar-refractivity contribution in [3.8, 4) is 0 Å². The van der Waals surface area contributed by atoms with Crippen molar-refractivity contribution in [1.29, 1.82) is 0 Å². The van der Waals surface area contributed by atoms with E-state index in [0.29, 0.717) is 51.5 Å². The first-order valence-electron chi connectivity index (χ1n) is 19.0. The quantitative estimate of drug-likeness (QED) is 0.246. The summed E-state index contributed by atoms with van der Waals surface area (Å²) in [6.07, 6.45) is -3.06. The lowest BCUT2D eigenvalue weighted by molar-refractivity contribution is -0.244. The van der Waals surface area contributed by atoms with E-state index >= 15 is 0 Å². The number of amides is 5. The van der Waals surface area contributed by atoms with Crippen molar-refractivity contribution >= 4 is 57.2 Å². The topological polar surface area (TPSA) is 189 Å². The predicted molar refractivity (Wildman–Crippen MR) is 203 cm³/mol. The fourth-order valence-electron chi connectivity index (χ4n) is 7.40. The van der Waals surface area contributed by atoms with Gasteiger partial charge in [0.15, 0.2) is 0 Å². The van der Waals surface area contributed by atoms with Crippen LogP contribution in [0.4, 0.5) is 28.4 Å². The van der Waals surface area contributed by atoms with E-state index in [-0.39, 0.29) is 36.0 Å². The summed E-state index contributed by atoms with van der Waals surface area (Å²) >= 11 is 6.37. The first-order valence-corrected chi connectivity index (χ1v) is 20.8. The Bertz CT molecular complexity index is 1920. The molecule has 3 fully saturated rings. The van der Waals surface area contributed by atoms with E-state index in [1.165, 1.54) is 6.92 Å². The van der Waals surface area contributed by atoms with Crippen LogP contribution in [-0.4, -0.2) is 90.0 Å². The molecule has 0 bridgehead atoms. The van der Waals surface area contributed by atoms with E-state index in [1.54, 1.807) is 32.1 Å². The second-order valence-electron chi connectivity index (χ2n) is 16.8. The van der Waals surface area contributed by atoms with Gasteiger partial charge in [0, 0.05) is 12.3 Å². The molecule has 5 rings (SSSR count). The summed E-state index contributed by atoms with van der Waals surface area (Å²) in [5, 5.41) is 7.86. The number of allylic oxidation sites excluding steroid dienone is 1. The number of halogens is 4. The fraction of sp³-hybridized carbons (Fsp3) is 0.658. The fourth-order valence-corrected chi connectivity index (χ4v) is 9.08. The highest BCUT2D eigenvalue weighted by Gasteiger charge is 2.63. The number of nitrogens with one attached hydrogen (secondary N) is 4. The number of sulfonamides is 1. The minimum absolute atomic E-state index is 0.0601. The summed E-state index contributed by atoms with van der Waals surface area (Å²) in [5.74, 6) is -4.03. The molecule has 5 amide bonds. The molecule has 2 aliphatic heterocycles. The number of hydrogen-bond acceptors (Lipinski definition) is 9. The lowest BCUT2D eigenvalue weighted by Gasteiger charge is -2.34. The number of rotatable bonds is 7. The van der Waals surface area contributed by atoms with Crippen LogP contribution in [0.2, 0.25) is 5.02 Å². The minimum Gasteiger partial charge on any atom is -0.444 e. The molecule has 0 radical (unpaired) electrons. The van der Waals surface area contributed by atoms with Crippen LogP contribution in [0.25, 0.3) is 0 Å². The highest BCUT2D eigenvalue weighted by molar-refractivity contribution is 7.91. The van der Waals surface area contributed by atoms with Crippen molar-refractivity contribution < 1.29 is 55.0 Å². The van der Waals surface area contributed by atoms with Crippen molar-refractivity contribution in [2.24, 2.45) is 17.8 Å². The first kappa shape index (κ1) is 44.1. The maximum absolute atomic E-state index is 14.6. The van der Waals surface area contributed by atoms with Gasteiger partial charge < -0.3 is 25.0 Å². The molecule has 0 unspecified atom stereocenters. The molecule has 1 aromatic rings. The molecule has 2 heterocycles. The summed E-state index contributed by atoms with van der Waals surface area (Å²) in [4.78, 5) is 70.1. The van der Waals surface area contributed by atoms with Gasteiger partial charge in [-0.2, -0.15) is 13.2 Å². The van der Waals surface area contributed by atoms with Gasteiger partial charge in [-0.15, -0.1) is 0 Å². The monoisotopic (exact) mass is 845 g/mol. The largest absolute Gasteiger partial charge is 0.444 e. The van der Waals surface area contributed by atoms with E-state index < -0.39 is 92.0 Å². The normalized spacial score (nSPS) is 29.6. The third-order valence-electron chi connectivity index (χ3n) is 11.5. The van der Waals surface area contributed by atoms with Gasteiger partial charge in [0.25, 0.3) is 5.91 Å². The Morgan fingerprint density at radius 1 is 1.05 bits per heavy atom. The highest BCUT2D eigenvalue weighted by Crippen LogP contribution is 2.47. The second-order valence-corrected chi connectivity index (χ2v) is 19.4. The van der Waals surface area contributed by atoms with Crippen molar-refractivity contribution in [2.75, 3.05) is 11.9 Å². The molecule has 1 saturated heterocycles. The average molecular weight is 846 g/mol.